The Bertz CT molecular complexity index is 973. The van der Waals surface area contributed by atoms with E-state index in [0.717, 1.165) is 17.0 Å². The molecule has 2 atom stereocenters. The number of hydrogen-bond acceptors (Lipinski definition) is 4. The molecule has 0 bridgehead atoms. The highest BCUT2D eigenvalue weighted by atomic mass is 16.5. The summed E-state index contributed by atoms with van der Waals surface area (Å²) >= 11 is 0. The molecule has 1 aromatic rings. The highest BCUT2D eigenvalue weighted by Gasteiger charge is 2.38. The van der Waals surface area contributed by atoms with E-state index in [0.29, 0.717) is 6.42 Å². The van der Waals surface area contributed by atoms with E-state index < -0.39 is 62.4 Å². The first kappa shape index (κ1) is 7.56. The van der Waals surface area contributed by atoms with Gasteiger partial charge in [-0.3, -0.25) is 9.69 Å². The van der Waals surface area contributed by atoms with Crippen molar-refractivity contribution in [2.24, 2.45) is 11.8 Å². The maximum Gasteiger partial charge on any atom is 0.161 e. The molecule has 3 rings (SSSR count). The van der Waals surface area contributed by atoms with Gasteiger partial charge in [0.25, 0.3) is 0 Å². The number of carbonyl (C=O) groups excluding carboxylic acids is 1. The molecule has 0 N–H and O–H groups in total. The SMILES string of the molecule is [2H]C([2H])([2H])Oc1cc2c(cc1OC([2H])([2H])[2H])C([2H])([2H])C([2H])([2H])N1CC(CC(C)C)C(=O)CC21[2H]. The van der Waals surface area contributed by atoms with E-state index in [1.807, 2.05) is 13.8 Å². The lowest BCUT2D eigenvalue weighted by Crippen LogP contribution is -2.46. The van der Waals surface area contributed by atoms with Crippen molar-refractivity contribution < 1.29 is 29.3 Å². The number of ether oxygens (including phenoxy) is 2. The second kappa shape index (κ2) is 6.52. The molecule has 126 valence electrons. The number of hydrogen-bond donors (Lipinski definition) is 0. The number of nitrogens with zero attached hydrogens (tertiary/aromatic N) is 1. The predicted molar refractivity (Wildman–Crippen MR) is 90.1 cm³/mol. The Kier molecular flexibility index (Phi) is 2.14. The Hall–Kier alpha value is -1.55. The van der Waals surface area contributed by atoms with Crippen molar-refractivity contribution in [3.05, 3.63) is 23.3 Å². The van der Waals surface area contributed by atoms with Crippen LogP contribution < -0.4 is 9.47 Å². The first-order valence-electron chi connectivity index (χ1n) is 13.1. The molecule has 2 unspecified atom stereocenters. The molecule has 4 nitrogen and oxygen atoms in total. The van der Waals surface area contributed by atoms with Crippen LogP contribution in [0.5, 0.6) is 11.5 Å². The van der Waals surface area contributed by atoms with Crippen molar-refractivity contribution >= 4 is 5.78 Å². The molecular weight excluding hydrogens is 290 g/mol. The maximum atomic E-state index is 13.0. The van der Waals surface area contributed by atoms with E-state index in [2.05, 4.69) is 0 Å². The summed E-state index contributed by atoms with van der Waals surface area (Å²) in [7, 11) is -6.07. The van der Waals surface area contributed by atoms with Gasteiger partial charge >= 0.3 is 0 Å². The summed E-state index contributed by atoms with van der Waals surface area (Å²) in [4.78, 5) is 14.0. The molecule has 0 aliphatic carbocycles. The number of fused-ring (bicyclic) bond motifs is 3. The summed E-state index contributed by atoms with van der Waals surface area (Å²) in [6.45, 7) is 0.858. The first-order chi connectivity index (χ1) is 15.2. The third kappa shape index (κ3) is 3.09. The van der Waals surface area contributed by atoms with Crippen LogP contribution in [0.15, 0.2) is 12.1 Å². The van der Waals surface area contributed by atoms with Crippen LogP contribution in [-0.2, 0) is 11.2 Å². The number of Topliss-reactive ketones (excluding diaryl/α,β-unsaturated/α-hetero) is 1. The Labute approximate surface area is 154 Å². The van der Waals surface area contributed by atoms with Crippen molar-refractivity contribution in [3.8, 4) is 11.5 Å². The summed E-state index contributed by atoms with van der Waals surface area (Å²) in [5.74, 6) is -1.97. The lowest BCUT2D eigenvalue weighted by atomic mass is 9.80. The Morgan fingerprint density at radius 1 is 1.39 bits per heavy atom. The molecule has 0 aromatic heterocycles. The van der Waals surface area contributed by atoms with Gasteiger partial charge in [0.2, 0.25) is 0 Å². The molecule has 0 amide bonds. The number of methoxy groups -OCH3 is 2. The van der Waals surface area contributed by atoms with Crippen molar-refractivity contribution in [2.75, 3.05) is 27.1 Å². The van der Waals surface area contributed by atoms with Gasteiger partial charge in [0, 0.05) is 36.9 Å². The summed E-state index contributed by atoms with van der Waals surface area (Å²) in [6, 6.07) is -0.231. The fourth-order valence-corrected chi connectivity index (χ4v) is 3.16. The minimum atomic E-state index is -3.04. The second-order valence-electron chi connectivity index (χ2n) is 6.31. The van der Waals surface area contributed by atoms with Crippen LogP contribution in [0.3, 0.4) is 0 Å². The van der Waals surface area contributed by atoms with E-state index in [-0.39, 0.29) is 23.8 Å². The summed E-state index contributed by atoms with van der Waals surface area (Å²) in [5.41, 5.74) is -0.586. The average Bonchev–Trinajstić information content (AvgIpc) is 2.61. The minimum absolute atomic E-state index is 0.116. The van der Waals surface area contributed by atoms with Crippen LogP contribution in [0, 0.1) is 11.8 Å². The molecule has 2 heterocycles. The van der Waals surface area contributed by atoms with Gasteiger partial charge in [-0.15, -0.1) is 0 Å². The lowest BCUT2D eigenvalue weighted by Gasteiger charge is -2.43. The van der Waals surface area contributed by atoms with Gasteiger partial charge in [-0.25, -0.2) is 0 Å². The molecule has 1 saturated heterocycles. The summed E-state index contributed by atoms with van der Waals surface area (Å²) in [5, 5.41) is 0. The van der Waals surface area contributed by atoms with Crippen molar-refractivity contribution in [1.82, 2.24) is 4.90 Å². The zero-order valence-corrected chi connectivity index (χ0v) is 13.1. The fourth-order valence-electron chi connectivity index (χ4n) is 3.16. The maximum absolute atomic E-state index is 13.0. The van der Waals surface area contributed by atoms with Crippen LogP contribution in [0.25, 0.3) is 0 Å². The Balaban J connectivity index is 2.26. The third-order valence-electron chi connectivity index (χ3n) is 4.22. The van der Waals surface area contributed by atoms with Crippen LogP contribution in [0.2, 0.25) is 0 Å². The zero-order chi connectivity index (χ0) is 26.1. The number of ketones is 1. The van der Waals surface area contributed by atoms with Gasteiger partial charge in [0.1, 0.15) is 5.78 Å². The largest absolute Gasteiger partial charge is 0.493 e. The second-order valence-corrected chi connectivity index (χ2v) is 6.31. The van der Waals surface area contributed by atoms with Crippen molar-refractivity contribution in [2.45, 2.75) is 39.1 Å². The van der Waals surface area contributed by atoms with E-state index in [1.165, 1.54) is 0 Å². The monoisotopic (exact) mass is 328 g/mol. The van der Waals surface area contributed by atoms with Crippen LogP contribution in [-0.4, -0.2) is 37.8 Å². The molecule has 1 fully saturated rings. The quantitative estimate of drug-likeness (QED) is 0.850. The molecule has 0 saturated carbocycles. The van der Waals surface area contributed by atoms with Gasteiger partial charge in [0.15, 0.2) is 11.5 Å². The van der Waals surface area contributed by atoms with E-state index in [4.69, 9.17) is 24.6 Å². The van der Waals surface area contributed by atoms with Crippen molar-refractivity contribution in [1.29, 1.82) is 0 Å². The molecule has 23 heavy (non-hydrogen) atoms. The minimum Gasteiger partial charge on any atom is -0.493 e. The van der Waals surface area contributed by atoms with Gasteiger partial charge in [-0.2, -0.15) is 0 Å². The van der Waals surface area contributed by atoms with Gasteiger partial charge in [-0.05, 0) is 42.0 Å². The fraction of sp³-hybridized carbons (Fsp3) is 0.632. The Morgan fingerprint density at radius 2 is 2.13 bits per heavy atom. The number of benzene rings is 1. The smallest absolute Gasteiger partial charge is 0.161 e. The van der Waals surface area contributed by atoms with Crippen LogP contribution in [0.1, 0.15) is 58.9 Å². The number of rotatable bonds is 4. The van der Waals surface area contributed by atoms with Gasteiger partial charge in [0.05, 0.1) is 23.7 Å². The third-order valence-corrected chi connectivity index (χ3v) is 4.22. The van der Waals surface area contributed by atoms with Crippen LogP contribution in [0.4, 0.5) is 0 Å². The van der Waals surface area contributed by atoms with E-state index in [9.17, 15) is 4.79 Å². The number of carbonyl (C=O) groups is 1. The lowest BCUT2D eigenvalue weighted by molar-refractivity contribution is -0.129. The van der Waals surface area contributed by atoms with Gasteiger partial charge in [-0.1, -0.05) is 13.8 Å². The number of piperidine rings is 1. The highest BCUT2D eigenvalue weighted by Crippen LogP contribution is 2.42. The molecule has 1 aromatic carbocycles. The van der Waals surface area contributed by atoms with E-state index >= 15 is 0 Å². The topological polar surface area (TPSA) is 38.8 Å². The van der Waals surface area contributed by atoms with Crippen molar-refractivity contribution in [3.63, 3.8) is 0 Å². The average molecular weight is 328 g/mol. The first-order valence-corrected chi connectivity index (χ1v) is 7.56. The van der Waals surface area contributed by atoms with Crippen LogP contribution >= 0.6 is 0 Å². The standard InChI is InChI=1S/C19H27NO3/c1-12(2)7-14-11-20-6-5-13-8-18(22-3)19(23-4)9-15(13)16(20)10-17(14)21/h8-9,12,14,16H,5-7,10-11H2,1-4H3/i3D3,4D3,5D2,6D2,16D. The molecule has 2 aliphatic heterocycles. The van der Waals surface area contributed by atoms with E-state index in [1.54, 1.807) is 0 Å². The molecule has 4 heteroatoms. The zero-order valence-electron chi connectivity index (χ0n) is 24.1. The predicted octanol–water partition coefficient (Wildman–Crippen LogP) is 3.24. The van der Waals surface area contributed by atoms with Gasteiger partial charge < -0.3 is 9.47 Å². The summed E-state index contributed by atoms with van der Waals surface area (Å²) in [6.07, 6.45) is -2.78. The highest BCUT2D eigenvalue weighted by molar-refractivity contribution is 5.83. The molecule has 0 radical (unpaired) electrons. The molecular formula is C19H27NO3. The normalized spacial score (nSPS) is 40.0. The molecule has 2 aliphatic rings. The number of aryl methyl sites for hydroxylation is 1. The Morgan fingerprint density at radius 3 is 2.83 bits per heavy atom. The molecule has 0 spiro atoms. The summed E-state index contributed by atoms with van der Waals surface area (Å²) < 4.78 is 97.6.